The van der Waals surface area contributed by atoms with Crippen molar-refractivity contribution in [3.8, 4) is 0 Å². The number of aromatic nitrogens is 2. The summed E-state index contributed by atoms with van der Waals surface area (Å²) >= 11 is 3.75. The molecule has 2 atom stereocenters. The molecule has 0 bridgehead atoms. The summed E-state index contributed by atoms with van der Waals surface area (Å²) in [5.41, 5.74) is 2.51. The second-order valence-corrected chi connectivity index (χ2v) is 6.87. The summed E-state index contributed by atoms with van der Waals surface area (Å²) in [7, 11) is 4.37. The van der Waals surface area contributed by atoms with Crippen LogP contribution in [0.15, 0.2) is 4.47 Å². The zero-order valence-corrected chi connectivity index (χ0v) is 14.9. The fourth-order valence-corrected chi connectivity index (χ4v) is 3.92. The first-order valence-electron chi connectivity index (χ1n) is 7.60. The highest BCUT2D eigenvalue weighted by atomic mass is 79.9. The van der Waals surface area contributed by atoms with Crippen molar-refractivity contribution in [1.82, 2.24) is 19.6 Å². The van der Waals surface area contributed by atoms with Gasteiger partial charge in [0.2, 0.25) is 0 Å². The predicted molar refractivity (Wildman–Crippen MR) is 86.9 cm³/mol. The minimum absolute atomic E-state index is 0.664. The maximum Gasteiger partial charge on any atom is 0.0767 e. The Kier molecular flexibility index (Phi) is 5.26. The standard InChI is InChI=1S/C15H27BrN4/c1-6-12-15(16)14(20(7-2)17-12)10-19-8-11(3)13(9-19)18(4)5/h11,13H,6-10H2,1-5H3. The molecule has 0 amide bonds. The normalized spacial score (nSPS) is 23.9. The van der Waals surface area contributed by atoms with Crippen LogP contribution in [0.4, 0.5) is 0 Å². The Morgan fingerprint density at radius 1 is 1.30 bits per heavy atom. The summed E-state index contributed by atoms with van der Waals surface area (Å²) < 4.78 is 3.36. The monoisotopic (exact) mass is 342 g/mol. The molecule has 1 aliphatic heterocycles. The van der Waals surface area contributed by atoms with Crippen LogP contribution in [0.1, 0.15) is 32.2 Å². The van der Waals surface area contributed by atoms with Crippen molar-refractivity contribution < 1.29 is 0 Å². The molecule has 0 spiro atoms. The third kappa shape index (κ3) is 3.10. The van der Waals surface area contributed by atoms with E-state index in [0.29, 0.717) is 6.04 Å². The molecule has 1 aromatic heterocycles. The highest BCUT2D eigenvalue weighted by Crippen LogP contribution is 2.27. The SMILES string of the molecule is CCc1nn(CC)c(CN2CC(C)C(N(C)C)C2)c1Br. The number of hydrogen-bond donors (Lipinski definition) is 0. The number of aryl methyl sites for hydroxylation is 2. The molecule has 1 saturated heterocycles. The number of nitrogens with zero attached hydrogens (tertiary/aromatic N) is 4. The van der Waals surface area contributed by atoms with Gasteiger partial charge in [0.15, 0.2) is 0 Å². The molecule has 4 nitrogen and oxygen atoms in total. The Bertz CT molecular complexity index is 455. The van der Waals surface area contributed by atoms with E-state index < -0.39 is 0 Å². The van der Waals surface area contributed by atoms with Gasteiger partial charge in [-0.1, -0.05) is 13.8 Å². The van der Waals surface area contributed by atoms with Gasteiger partial charge >= 0.3 is 0 Å². The molecule has 2 rings (SSSR count). The summed E-state index contributed by atoms with van der Waals surface area (Å²) in [6.07, 6.45) is 0.983. The first kappa shape index (κ1) is 16.0. The van der Waals surface area contributed by atoms with Crippen LogP contribution in [-0.4, -0.2) is 52.8 Å². The van der Waals surface area contributed by atoms with Crippen molar-refractivity contribution in [3.05, 3.63) is 15.9 Å². The van der Waals surface area contributed by atoms with Crippen LogP contribution < -0.4 is 0 Å². The number of likely N-dealkylation sites (tertiary alicyclic amines) is 1. The van der Waals surface area contributed by atoms with Crippen molar-refractivity contribution >= 4 is 15.9 Å². The lowest BCUT2D eigenvalue weighted by molar-refractivity contribution is 0.248. The van der Waals surface area contributed by atoms with Crippen LogP contribution in [0.3, 0.4) is 0 Å². The van der Waals surface area contributed by atoms with E-state index in [1.165, 1.54) is 22.4 Å². The number of hydrogen-bond acceptors (Lipinski definition) is 3. The van der Waals surface area contributed by atoms with Gasteiger partial charge in [-0.05, 0) is 49.3 Å². The first-order chi connectivity index (χ1) is 9.47. The van der Waals surface area contributed by atoms with E-state index in [4.69, 9.17) is 5.10 Å². The zero-order chi connectivity index (χ0) is 14.9. The second kappa shape index (κ2) is 6.58. The predicted octanol–water partition coefficient (Wildman–Crippen LogP) is 2.61. The molecule has 114 valence electrons. The third-order valence-corrected chi connectivity index (χ3v) is 5.29. The van der Waals surface area contributed by atoms with Gasteiger partial charge in [0.05, 0.1) is 15.9 Å². The molecule has 2 heterocycles. The summed E-state index contributed by atoms with van der Waals surface area (Å²) in [5, 5.41) is 4.69. The largest absolute Gasteiger partial charge is 0.305 e. The number of likely N-dealkylation sites (N-methyl/N-ethyl adjacent to an activating group) is 1. The van der Waals surface area contributed by atoms with E-state index >= 15 is 0 Å². The molecule has 20 heavy (non-hydrogen) atoms. The highest BCUT2D eigenvalue weighted by Gasteiger charge is 2.31. The first-order valence-corrected chi connectivity index (χ1v) is 8.40. The summed E-state index contributed by atoms with van der Waals surface area (Å²) in [6, 6.07) is 0.664. The van der Waals surface area contributed by atoms with Gasteiger partial charge < -0.3 is 4.90 Å². The lowest BCUT2D eigenvalue weighted by Crippen LogP contribution is -2.34. The van der Waals surface area contributed by atoms with Crippen LogP contribution in [0.5, 0.6) is 0 Å². The van der Waals surface area contributed by atoms with E-state index in [2.05, 4.69) is 65.3 Å². The van der Waals surface area contributed by atoms with E-state index in [1.807, 2.05) is 0 Å². The zero-order valence-electron chi connectivity index (χ0n) is 13.4. The summed E-state index contributed by atoms with van der Waals surface area (Å²) in [5.74, 6) is 0.729. The molecule has 1 aromatic rings. The number of halogens is 1. The van der Waals surface area contributed by atoms with Crippen LogP contribution >= 0.6 is 15.9 Å². The number of rotatable bonds is 5. The Balaban J connectivity index is 2.13. The fourth-order valence-electron chi connectivity index (χ4n) is 3.23. The lowest BCUT2D eigenvalue weighted by Gasteiger charge is -2.22. The lowest BCUT2D eigenvalue weighted by atomic mass is 10.1. The summed E-state index contributed by atoms with van der Waals surface area (Å²) in [6.45, 7) is 10.9. The van der Waals surface area contributed by atoms with Crippen molar-refractivity contribution in [1.29, 1.82) is 0 Å². The smallest absolute Gasteiger partial charge is 0.0767 e. The Morgan fingerprint density at radius 3 is 2.50 bits per heavy atom. The molecule has 2 unspecified atom stereocenters. The maximum absolute atomic E-state index is 4.69. The van der Waals surface area contributed by atoms with Gasteiger partial charge in [-0.25, -0.2) is 0 Å². The topological polar surface area (TPSA) is 24.3 Å². The molecular weight excluding hydrogens is 316 g/mol. The molecule has 1 fully saturated rings. The molecule has 0 aromatic carbocycles. The Hall–Kier alpha value is -0.390. The van der Waals surface area contributed by atoms with Gasteiger partial charge in [0.1, 0.15) is 0 Å². The van der Waals surface area contributed by atoms with Gasteiger partial charge in [0.25, 0.3) is 0 Å². The minimum Gasteiger partial charge on any atom is -0.305 e. The van der Waals surface area contributed by atoms with Gasteiger partial charge in [-0.2, -0.15) is 5.10 Å². The molecule has 0 saturated carbocycles. The average Bonchev–Trinajstić information content (AvgIpc) is 2.92. The van der Waals surface area contributed by atoms with Crippen molar-refractivity contribution in [2.45, 2.75) is 46.3 Å². The van der Waals surface area contributed by atoms with E-state index in [9.17, 15) is 0 Å². The molecule has 1 aliphatic rings. The maximum atomic E-state index is 4.69. The quantitative estimate of drug-likeness (QED) is 0.821. The van der Waals surface area contributed by atoms with Crippen molar-refractivity contribution in [3.63, 3.8) is 0 Å². The molecule has 0 aliphatic carbocycles. The fraction of sp³-hybridized carbons (Fsp3) is 0.800. The molecule has 0 radical (unpaired) electrons. The second-order valence-electron chi connectivity index (χ2n) is 6.08. The van der Waals surface area contributed by atoms with Gasteiger partial charge in [-0.15, -0.1) is 0 Å². The third-order valence-electron chi connectivity index (χ3n) is 4.38. The van der Waals surface area contributed by atoms with Crippen LogP contribution in [0, 0.1) is 5.92 Å². The van der Waals surface area contributed by atoms with Crippen LogP contribution in [0.25, 0.3) is 0 Å². The van der Waals surface area contributed by atoms with Gasteiger partial charge in [-0.3, -0.25) is 9.58 Å². The van der Waals surface area contributed by atoms with E-state index in [1.54, 1.807) is 0 Å². The van der Waals surface area contributed by atoms with Crippen molar-refractivity contribution in [2.24, 2.45) is 5.92 Å². The molecule has 5 heteroatoms. The Morgan fingerprint density at radius 2 is 2.00 bits per heavy atom. The molecular formula is C15H27BrN4. The van der Waals surface area contributed by atoms with Crippen molar-refractivity contribution in [2.75, 3.05) is 27.2 Å². The van der Waals surface area contributed by atoms with E-state index in [-0.39, 0.29) is 0 Å². The highest BCUT2D eigenvalue weighted by molar-refractivity contribution is 9.10. The summed E-state index contributed by atoms with van der Waals surface area (Å²) in [4.78, 5) is 4.91. The van der Waals surface area contributed by atoms with Gasteiger partial charge in [0, 0.05) is 32.2 Å². The van der Waals surface area contributed by atoms with Crippen LogP contribution in [0.2, 0.25) is 0 Å². The average molecular weight is 343 g/mol. The van der Waals surface area contributed by atoms with Crippen LogP contribution in [-0.2, 0) is 19.5 Å². The minimum atomic E-state index is 0.664. The van der Waals surface area contributed by atoms with E-state index in [0.717, 1.165) is 32.0 Å². The molecule has 0 N–H and O–H groups in total. The Labute approximate surface area is 131 Å².